The van der Waals surface area contributed by atoms with Crippen molar-refractivity contribution in [1.82, 2.24) is 10.3 Å². The van der Waals surface area contributed by atoms with Crippen LogP contribution in [0.4, 0.5) is 5.82 Å². The molecule has 2 rings (SSSR count). The van der Waals surface area contributed by atoms with E-state index in [1.165, 1.54) is 7.11 Å². The lowest BCUT2D eigenvalue weighted by Crippen LogP contribution is -2.28. The molecule has 0 unspecified atom stereocenters. The zero-order valence-corrected chi connectivity index (χ0v) is 11.0. The molecular weight excluding hydrogens is 246 g/mol. The minimum absolute atomic E-state index is 0.356. The van der Waals surface area contributed by atoms with Gasteiger partial charge >= 0.3 is 5.97 Å². The molecule has 1 atom stereocenters. The Morgan fingerprint density at radius 1 is 1.68 bits per heavy atom. The van der Waals surface area contributed by atoms with Crippen molar-refractivity contribution in [1.29, 1.82) is 0 Å². The Balaban J connectivity index is 1.96. The molecule has 1 saturated heterocycles. The second-order valence-corrected chi connectivity index (χ2v) is 4.42. The zero-order valence-electron chi connectivity index (χ0n) is 11.0. The molecule has 19 heavy (non-hydrogen) atoms. The number of pyridine rings is 1. The molecule has 1 fully saturated rings. The fraction of sp³-hybridized carbons (Fsp3) is 0.538. The van der Waals surface area contributed by atoms with Gasteiger partial charge in [-0.2, -0.15) is 0 Å². The summed E-state index contributed by atoms with van der Waals surface area (Å²) in [5.41, 5.74) is 0.451. The summed E-state index contributed by atoms with van der Waals surface area (Å²) in [6.45, 7) is 3.93. The van der Waals surface area contributed by atoms with Gasteiger partial charge in [-0.3, -0.25) is 0 Å². The topological polar surface area (TPSA) is 72.5 Å². The summed E-state index contributed by atoms with van der Waals surface area (Å²) < 4.78 is 10.2. The molecule has 1 aliphatic heterocycles. The first-order valence-electron chi connectivity index (χ1n) is 6.37. The van der Waals surface area contributed by atoms with Crippen LogP contribution in [0.3, 0.4) is 0 Å². The van der Waals surface area contributed by atoms with Crippen LogP contribution in [-0.2, 0) is 9.47 Å². The molecule has 1 aliphatic rings. The first-order valence-corrected chi connectivity index (χ1v) is 6.37. The number of hydrogen-bond acceptors (Lipinski definition) is 6. The highest BCUT2D eigenvalue weighted by atomic mass is 16.5. The van der Waals surface area contributed by atoms with Gasteiger partial charge in [-0.15, -0.1) is 0 Å². The summed E-state index contributed by atoms with van der Waals surface area (Å²) in [5, 5.41) is 6.50. The van der Waals surface area contributed by atoms with E-state index in [4.69, 9.17) is 9.47 Å². The highest BCUT2D eigenvalue weighted by Gasteiger charge is 2.15. The molecule has 0 spiro atoms. The van der Waals surface area contributed by atoms with Gasteiger partial charge in [0, 0.05) is 31.7 Å². The second-order valence-electron chi connectivity index (χ2n) is 4.42. The van der Waals surface area contributed by atoms with Crippen LogP contribution in [-0.4, -0.2) is 50.9 Å². The van der Waals surface area contributed by atoms with Crippen molar-refractivity contribution in [2.75, 3.05) is 45.3 Å². The van der Waals surface area contributed by atoms with Crippen LogP contribution in [0.1, 0.15) is 10.4 Å². The van der Waals surface area contributed by atoms with E-state index in [1.54, 1.807) is 18.3 Å². The third kappa shape index (κ3) is 3.90. The van der Waals surface area contributed by atoms with Gasteiger partial charge in [0.1, 0.15) is 11.4 Å². The molecule has 0 bridgehead atoms. The Morgan fingerprint density at radius 2 is 2.58 bits per heavy atom. The summed E-state index contributed by atoms with van der Waals surface area (Å²) in [6.07, 6.45) is 1.65. The van der Waals surface area contributed by atoms with Gasteiger partial charge in [0.15, 0.2) is 0 Å². The summed E-state index contributed by atoms with van der Waals surface area (Å²) in [7, 11) is 1.36. The monoisotopic (exact) mass is 265 g/mol. The van der Waals surface area contributed by atoms with Gasteiger partial charge in [0.25, 0.3) is 0 Å². The van der Waals surface area contributed by atoms with E-state index in [9.17, 15) is 4.79 Å². The number of anilines is 1. The van der Waals surface area contributed by atoms with E-state index < -0.39 is 0 Å². The summed E-state index contributed by atoms with van der Waals surface area (Å²) >= 11 is 0. The maximum absolute atomic E-state index is 11.6. The Hall–Kier alpha value is -1.66. The van der Waals surface area contributed by atoms with Crippen LogP contribution < -0.4 is 10.6 Å². The maximum atomic E-state index is 11.6. The number of hydrogen-bond donors (Lipinski definition) is 2. The fourth-order valence-electron chi connectivity index (χ4n) is 1.95. The molecule has 2 N–H and O–H groups in total. The smallest absolute Gasteiger partial charge is 0.341 e. The second kappa shape index (κ2) is 7.06. The molecule has 104 valence electrons. The van der Waals surface area contributed by atoms with Crippen LogP contribution in [0, 0.1) is 5.92 Å². The quantitative estimate of drug-likeness (QED) is 0.773. The molecule has 6 heteroatoms. The van der Waals surface area contributed by atoms with Crippen LogP contribution in [0.15, 0.2) is 18.3 Å². The van der Waals surface area contributed by atoms with Gasteiger partial charge in [-0.1, -0.05) is 0 Å². The van der Waals surface area contributed by atoms with E-state index in [2.05, 4.69) is 15.6 Å². The van der Waals surface area contributed by atoms with Crippen molar-refractivity contribution < 1.29 is 14.3 Å². The molecule has 0 aromatic carbocycles. The summed E-state index contributed by atoms with van der Waals surface area (Å²) in [5.74, 6) is 0.527. The summed E-state index contributed by atoms with van der Waals surface area (Å²) in [6, 6.07) is 3.41. The van der Waals surface area contributed by atoms with E-state index in [0.717, 1.165) is 19.7 Å². The van der Waals surface area contributed by atoms with E-state index in [1.807, 2.05) is 0 Å². The molecule has 1 aromatic rings. The number of nitrogens with one attached hydrogen (secondary N) is 2. The number of carbonyl (C=O) groups excluding carboxylic acids is 1. The Bertz CT molecular complexity index is 417. The Labute approximate surface area is 112 Å². The summed E-state index contributed by atoms with van der Waals surface area (Å²) in [4.78, 5) is 15.8. The van der Waals surface area contributed by atoms with Gasteiger partial charge in [-0.05, 0) is 12.1 Å². The number of esters is 1. The molecule has 0 saturated carbocycles. The molecule has 1 aromatic heterocycles. The van der Waals surface area contributed by atoms with E-state index in [-0.39, 0.29) is 5.97 Å². The number of aromatic nitrogens is 1. The highest BCUT2D eigenvalue weighted by molar-refractivity contribution is 5.94. The lowest BCUT2D eigenvalue weighted by Gasteiger charge is -2.16. The fourth-order valence-corrected chi connectivity index (χ4v) is 1.95. The van der Waals surface area contributed by atoms with Crippen molar-refractivity contribution >= 4 is 11.8 Å². The molecule has 0 amide bonds. The van der Waals surface area contributed by atoms with Gasteiger partial charge < -0.3 is 20.1 Å². The van der Waals surface area contributed by atoms with Crippen LogP contribution in [0.25, 0.3) is 0 Å². The Morgan fingerprint density at radius 3 is 3.42 bits per heavy atom. The normalized spacial score (nSPS) is 19.5. The maximum Gasteiger partial charge on any atom is 0.341 e. The predicted molar refractivity (Wildman–Crippen MR) is 71.2 cm³/mol. The highest BCUT2D eigenvalue weighted by Crippen LogP contribution is 2.13. The van der Waals surface area contributed by atoms with Crippen LogP contribution >= 0.6 is 0 Å². The zero-order chi connectivity index (χ0) is 13.5. The number of rotatable bonds is 4. The van der Waals surface area contributed by atoms with Crippen LogP contribution in [0.5, 0.6) is 0 Å². The first kappa shape index (κ1) is 13.8. The van der Waals surface area contributed by atoms with Crippen molar-refractivity contribution in [3.63, 3.8) is 0 Å². The molecular formula is C13H19N3O3. The lowest BCUT2D eigenvalue weighted by molar-refractivity contribution is 0.0601. The average Bonchev–Trinajstić information content (AvgIpc) is 2.73. The van der Waals surface area contributed by atoms with Crippen molar-refractivity contribution in [3.8, 4) is 0 Å². The first-order chi connectivity index (χ1) is 9.31. The Kier molecular flexibility index (Phi) is 5.11. The number of ether oxygens (including phenoxy) is 2. The van der Waals surface area contributed by atoms with Gasteiger partial charge in [0.2, 0.25) is 0 Å². The van der Waals surface area contributed by atoms with Crippen LogP contribution in [0.2, 0.25) is 0 Å². The molecule has 0 radical (unpaired) electrons. The number of nitrogens with zero attached hydrogens (tertiary/aromatic N) is 1. The molecule has 0 aliphatic carbocycles. The van der Waals surface area contributed by atoms with E-state index >= 15 is 0 Å². The van der Waals surface area contributed by atoms with Crippen molar-refractivity contribution in [2.45, 2.75) is 0 Å². The molecule has 2 heterocycles. The van der Waals surface area contributed by atoms with Gasteiger partial charge in [0.05, 0.1) is 20.3 Å². The number of carbonyl (C=O) groups is 1. The average molecular weight is 265 g/mol. The predicted octanol–water partition coefficient (Wildman–Crippen LogP) is 0.516. The standard InChI is InChI=1S/C13H19N3O3/c1-18-13(17)11-3-2-4-15-12(11)16-8-10-7-14-5-6-19-9-10/h2-4,10,14H,5-9H2,1H3,(H,15,16)/t10-/m1/s1. The van der Waals surface area contributed by atoms with E-state index in [0.29, 0.717) is 30.5 Å². The minimum atomic E-state index is -0.383. The van der Waals surface area contributed by atoms with Gasteiger partial charge in [-0.25, -0.2) is 9.78 Å². The SMILES string of the molecule is COC(=O)c1cccnc1NC[C@H]1CNCCOC1. The third-order valence-corrected chi connectivity index (χ3v) is 2.98. The third-order valence-electron chi connectivity index (χ3n) is 2.98. The molecule has 6 nitrogen and oxygen atoms in total. The minimum Gasteiger partial charge on any atom is -0.465 e. The van der Waals surface area contributed by atoms with Crippen molar-refractivity contribution in [3.05, 3.63) is 23.9 Å². The number of methoxy groups -OCH3 is 1. The lowest BCUT2D eigenvalue weighted by atomic mass is 10.1. The van der Waals surface area contributed by atoms with Crippen molar-refractivity contribution in [2.24, 2.45) is 5.92 Å². The largest absolute Gasteiger partial charge is 0.465 e.